The Morgan fingerprint density at radius 3 is 2.15 bits per heavy atom. The topological polar surface area (TPSA) is 80.3 Å². The molecule has 0 atom stereocenters. The van der Waals surface area contributed by atoms with Crippen molar-refractivity contribution in [1.29, 1.82) is 0 Å². The summed E-state index contributed by atoms with van der Waals surface area (Å²) >= 11 is 0. The van der Waals surface area contributed by atoms with Crippen LogP contribution in [0.4, 0.5) is 0 Å². The zero-order chi connectivity index (χ0) is 15.8. The third-order valence-corrected chi connectivity index (χ3v) is 6.12. The maximum absolute atomic E-state index is 12.4. The Balaban J connectivity index is 3.39. The fraction of sp³-hybridized carbons (Fsp3) is 0.538. The number of aryl methyl sites for hydroxylation is 1. The van der Waals surface area contributed by atoms with Crippen molar-refractivity contribution in [2.75, 3.05) is 6.26 Å². The largest absolute Gasteiger partial charge is 0.241 e. The minimum absolute atomic E-state index is 0.00181. The Bertz CT molecular complexity index is 704. The summed E-state index contributed by atoms with van der Waals surface area (Å²) in [5.41, 5.74) is -0.0800. The van der Waals surface area contributed by atoms with Crippen molar-refractivity contribution in [2.24, 2.45) is 0 Å². The minimum atomic E-state index is -3.76. The predicted molar refractivity (Wildman–Crippen MR) is 79.0 cm³/mol. The lowest BCUT2D eigenvalue weighted by Crippen LogP contribution is -2.42. The van der Waals surface area contributed by atoms with Crippen molar-refractivity contribution in [3.63, 3.8) is 0 Å². The highest BCUT2D eigenvalue weighted by Gasteiger charge is 2.26. The molecule has 0 aliphatic carbocycles. The van der Waals surface area contributed by atoms with Crippen LogP contribution in [0.2, 0.25) is 0 Å². The van der Waals surface area contributed by atoms with Crippen LogP contribution >= 0.6 is 0 Å². The number of sulfonamides is 1. The monoisotopic (exact) mass is 319 g/mol. The molecule has 0 saturated heterocycles. The lowest BCUT2D eigenvalue weighted by atomic mass is 10.0. The second-order valence-electron chi connectivity index (χ2n) is 5.54. The van der Waals surface area contributed by atoms with Gasteiger partial charge in [0.2, 0.25) is 10.0 Å². The van der Waals surface area contributed by atoms with Crippen LogP contribution in [0.25, 0.3) is 0 Å². The van der Waals surface area contributed by atoms with E-state index in [2.05, 4.69) is 4.72 Å². The smallest absolute Gasteiger partial charge is 0.224 e. The number of hydrogen-bond donors (Lipinski definition) is 1. The van der Waals surface area contributed by atoms with E-state index in [1.54, 1.807) is 20.8 Å². The zero-order valence-corrected chi connectivity index (χ0v) is 14.0. The molecule has 0 aliphatic rings. The van der Waals surface area contributed by atoms with Gasteiger partial charge in [0.05, 0.1) is 9.79 Å². The molecule has 0 bridgehead atoms. The minimum Gasteiger partial charge on any atom is -0.224 e. The first-order chi connectivity index (χ1) is 8.89. The van der Waals surface area contributed by atoms with E-state index in [1.807, 2.05) is 6.92 Å². The van der Waals surface area contributed by atoms with Crippen molar-refractivity contribution in [2.45, 2.75) is 49.4 Å². The molecule has 1 aromatic rings. The van der Waals surface area contributed by atoms with Gasteiger partial charge in [-0.3, -0.25) is 0 Å². The fourth-order valence-corrected chi connectivity index (χ4v) is 4.07. The fourth-order valence-electron chi connectivity index (χ4n) is 1.59. The van der Waals surface area contributed by atoms with Gasteiger partial charge in [-0.15, -0.1) is 0 Å². The van der Waals surface area contributed by atoms with E-state index in [-0.39, 0.29) is 9.79 Å². The summed E-state index contributed by atoms with van der Waals surface area (Å²) in [6.45, 7) is 7.07. The third-order valence-electron chi connectivity index (χ3n) is 3.17. The molecule has 0 amide bonds. The Kier molecular flexibility index (Phi) is 4.68. The van der Waals surface area contributed by atoms with Crippen LogP contribution in [0.1, 0.15) is 32.8 Å². The van der Waals surface area contributed by atoms with Crippen LogP contribution in [0.3, 0.4) is 0 Å². The van der Waals surface area contributed by atoms with Gasteiger partial charge in [0, 0.05) is 11.8 Å². The number of benzene rings is 1. The molecule has 0 aliphatic heterocycles. The average Bonchev–Trinajstić information content (AvgIpc) is 2.26. The van der Waals surface area contributed by atoms with Gasteiger partial charge in [-0.05, 0) is 44.9 Å². The molecule has 5 nitrogen and oxygen atoms in total. The lowest BCUT2D eigenvalue weighted by molar-refractivity contribution is 0.439. The molecule has 0 saturated carbocycles. The SMILES string of the molecule is CCC(C)(C)NS(=O)(=O)c1cc(S(C)(=O)=O)ccc1C. The summed E-state index contributed by atoms with van der Waals surface area (Å²) in [6.07, 6.45) is 1.68. The van der Waals surface area contributed by atoms with Crippen molar-refractivity contribution in [3.05, 3.63) is 23.8 Å². The van der Waals surface area contributed by atoms with Gasteiger partial charge in [0.1, 0.15) is 0 Å². The number of rotatable bonds is 5. The molecule has 7 heteroatoms. The highest BCUT2D eigenvalue weighted by molar-refractivity contribution is 7.91. The maximum Gasteiger partial charge on any atom is 0.241 e. The van der Waals surface area contributed by atoms with Gasteiger partial charge in [0.15, 0.2) is 9.84 Å². The van der Waals surface area contributed by atoms with Gasteiger partial charge >= 0.3 is 0 Å². The van der Waals surface area contributed by atoms with Crippen LogP contribution in [0.5, 0.6) is 0 Å². The number of sulfone groups is 1. The van der Waals surface area contributed by atoms with E-state index in [0.29, 0.717) is 12.0 Å². The summed E-state index contributed by atoms with van der Waals surface area (Å²) in [6, 6.07) is 4.12. The molecular formula is C13H21NO4S2. The maximum atomic E-state index is 12.4. The second kappa shape index (κ2) is 5.46. The lowest BCUT2D eigenvalue weighted by Gasteiger charge is -2.24. The van der Waals surface area contributed by atoms with E-state index >= 15 is 0 Å². The highest BCUT2D eigenvalue weighted by atomic mass is 32.2. The molecule has 0 fully saturated rings. The molecule has 1 rings (SSSR count). The summed E-state index contributed by atoms with van der Waals surface area (Å²) in [5.74, 6) is 0. The van der Waals surface area contributed by atoms with Crippen LogP contribution in [-0.2, 0) is 19.9 Å². The van der Waals surface area contributed by atoms with Crippen molar-refractivity contribution in [3.8, 4) is 0 Å². The first kappa shape index (κ1) is 17.1. The first-order valence-electron chi connectivity index (χ1n) is 6.24. The van der Waals surface area contributed by atoms with Gasteiger partial charge in [-0.25, -0.2) is 21.6 Å². The average molecular weight is 319 g/mol. The summed E-state index contributed by atoms with van der Waals surface area (Å²) in [4.78, 5) is -0.000250. The highest BCUT2D eigenvalue weighted by Crippen LogP contribution is 2.22. The van der Waals surface area contributed by atoms with Gasteiger partial charge in [0.25, 0.3) is 0 Å². The van der Waals surface area contributed by atoms with Crippen LogP contribution in [0, 0.1) is 6.92 Å². The van der Waals surface area contributed by atoms with E-state index in [0.717, 1.165) is 6.26 Å². The Hall–Kier alpha value is -0.920. The zero-order valence-electron chi connectivity index (χ0n) is 12.4. The number of nitrogens with one attached hydrogen (secondary N) is 1. The van der Waals surface area contributed by atoms with E-state index in [4.69, 9.17) is 0 Å². The summed E-state index contributed by atoms with van der Waals surface area (Å²) in [7, 11) is -7.20. The quantitative estimate of drug-likeness (QED) is 0.898. The van der Waals surface area contributed by atoms with Gasteiger partial charge in [-0.2, -0.15) is 0 Å². The number of hydrogen-bond acceptors (Lipinski definition) is 4. The molecule has 114 valence electrons. The molecule has 1 N–H and O–H groups in total. The molecule has 1 aromatic carbocycles. The van der Waals surface area contributed by atoms with Crippen LogP contribution in [0.15, 0.2) is 28.0 Å². The molecule has 0 heterocycles. The van der Waals surface area contributed by atoms with E-state index < -0.39 is 25.4 Å². The molecule has 0 radical (unpaired) electrons. The van der Waals surface area contributed by atoms with Crippen LogP contribution in [-0.4, -0.2) is 28.6 Å². The van der Waals surface area contributed by atoms with E-state index in [1.165, 1.54) is 18.2 Å². The predicted octanol–water partition coefficient (Wildman–Crippen LogP) is 1.87. The Labute approximate surface area is 121 Å². The normalized spacial score (nSPS) is 13.4. The molecular weight excluding hydrogens is 298 g/mol. The van der Waals surface area contributed by atoms with E-state index in [9.17, 15) is 16.8 Å². The standard InChI is InChI=1S/C13H21NO4S2/c1-6-13(3,4)14-20(17,18)12-9-11(19(5,15)16)8-7-10(12)2/h7-9,14H,6H2,1-5H3. The summed E-state index contributed by atoms with van der Waals surface area (Å²) in [5, 5.41) is 0. The summed E-state index contributed by atoms with van der Waals surface area (Å²) < 4.78 is 50.5. The first-order valence-corrected chi connectivity index (χ1v) is 9.61. The van der Waals surface area contributed by atoms with Gasteiger partial charge in [-0.1, -0.05) is 13.0 Å². The third kappa shape index (κ3) is 4.04. The van der Waals surface area contributed by atoms with Crippen molar-refractivity contribution < 1.29 is 16.8 Å². The Morgan fingerprint density at radius 2 is 1.70 bits per heavy atom. The molecule has 0 spiro atoms. The molecule has 0 unspecified atom stereocenters. The Morgan fingerprint density at radius 1 is 1.15 bits per heavy atom. The second-order valence-corrected chi connectivity index (χ2v) is 9.21. The van der Waals surface area contributed by atoms with Crippen molar-refractivity contribution >= 4 is 19.9 Å². The van der Waals surface area contributed by atoms with Crippen molar-refractivity contribution in [1.82, 2.24) is 4.72 Å². The molecule has 20 heavy (non-hydrogen) atoms. The molecule has 0 aromatic heterocycles. The van der Waals surface area contributed by atoms with Gasteiger partial charge < -0.3 is 0 Å². The van der Waals surface area contributed by atoms with Crippen LogP contribution < -0.4 is 4.72 Å².